The molecule has 1 aromatic carbocycles. The third-order valence-electron chi connectivity index (χ3n) is 5.19. The van der Waals surface area contributed by atoms with Crippen LogP contribution in [-0.2, 0) is 12.8 Å². The predicted octanol–water partition coefficient (Wildman–Crippen LogP) is 3.08. The van der Waals surface area contributed by atoms with Crippen molar-refractivity contribution in [2.24, 2.45) is 17.1 Å². The Morgan fingerprint density at radius 1 is 1.24 bits per heavy atom. The molecule has 4 rings (SSSR count). The van der Waals surface area contributed by atoms with E-state index in [1.165, 1.54) is 12.8 Å². The first-order valence-corrected chi connectivity index (χ1v) is 8.88. The lowest BCUT2D eigenvalue weighted by Gasteiger charge is -2.29. The number of amides is 1. The standard InChI is InChI=1S/C20H23N3O2/c1-20(2)10-16-18(17(24)11-20)15(9-12-3-4-12)22-23(16)14-7-5-13(6-8-14)19(21)25/h5-8,12H,3-4,9-11H2,1-2H3,(H2,21,25). The molecule has 0 bridgehead atoms. The van der Waals surface area contributed by atoms with E-state index in [0.29, 0.717) is 17.9 Å². The monoisotopic (exact) mass is 337 g/mol. The van der Waals surface area contributed by atoms with Crippen molar-refractivity contribution in [1.82, 2.24) is 9.78 Å². The molecule has 1 saturated carbocycles. The highest BCUT2D eigenvalue weighted by Crippen LogP contribution is 2.40. The Bertz CT molecular complexity index is 858. The van der Waals surface area contributed by atoms with Crippen LogP contribution in [-0.4, -0.2) is 21.5 Å². The molecule has 1 amide bonds. The molecule has 0 radical (unpaired) electrons. The Labute approximate surface area is 147 Å². The molecular weight excluding hydrogens is 314 g/mol. The summed E-state index contributed by atoms with van der Waals surface area (Å²) in [6, 6.07) is 7.12. The molecular formula is C20H23N3O2. The van der Waals surface area contributed by atoms with Crippen molar-refractivity contribution < 1.29 is 9.59 Å². The molecule has 1 heterocycles. The van der Waals surface area contributed by atoms with E-state index in [1.807, 2.05) is 16.8 Å². The summed E-state index contributed by atoms with van der Waals surface area (Å²) in [5, 5.41) is 4.81. The Morgan fingerprint density at radius 2 is 1.92 bits per heavy atom. The first kappa shape index (κ1) is 16.1. The highest BCUT2D eigenvalue weighted by atomic mass is 16.1. The van der Waals surface area contributed by atoms with Crippen molar-refractivity contribution in [3.8, 4) is 5.69 Å². The molecule has 5 heteroatoms. The topological polar surface area (TPSA) is 78.0 Å². The Kier molecular flexibility index (Phi) is 3.56. The molecule has 2 N–H and O–H groups in total. The molecule has 130 valence electrons. The molecule has 0 atom stereocenters. The van der Waals surface area contributed by atoms with Gasteiger partial charge in [0, 0.05) is 12.0 Å². The van der Waals surface area contributed by atoms with Gasteiger partial charge in [-0.1, -0.05) is 13.8 Å². The van der Waals surface area contributed by atoms with E-state index in [9.17, 15) is 9.59 Å². The molecule has 25 heavy (non-hydrogen) atoms. The van der Waals surface area contributed by atoms with Crippen molar-refractivity contribution in [2.75, 3.05) is 0 Å². The summed E-state index contributed by atoms with van der Waals surface area (Å²) in [5.41, 5.74) is 9.39. The quantitative estimate of drug-likeness (QED) is 0.931. The fourth-order valence-corrected chi connectivity index (χ4v) is 3.75. The summed E-state index contributed by atoms with van der Waals surface area (Å²) < 4.78 is 1.90. The zero-order valence-electron chi connectivity index (χ0n) is 14.7. The summed E-state index contributed by atoms with van der Waals surface area (Å²) in [4.78, 5) is 24.1. The van der Waals surface area contributed by atoms with Gasteiger partial charge in [0.1, 0.15) is 0 Å². The van der Waals surface area contributed by atoms with E-state index in [1.54, 1.807) is 12.1 Å². The number of Topliss-reactive ketones (excluding diaryl/α,β-unsaturated/α-hetero) is 1. The van der Waals surface area contributed by atoms with Crippen LogP contribution >= 0.6 is 0 Å². The lowest BCUT2D eigenvalue weighted by atomic mass is 9.75. The molecule has 0 unspecified atom stereocenters. The van der Waals surface area contributed by atoms with Gasteiger partial charge in [-0.15, -0.1) is 0 Å². The number of primary amides is 1. The van der Waals surface area contributed by atoms with Gasteiger partial charge in [-0.05, 0) is 61.3 Å². The number of benzene rings is 1. The SMILES string of the molecule is CC1(C)CC(=O)c2c(CC3CC3)nn(-c3ccc(C(N)=O)cc3)c2C1. The van der Waals surface area contributed by atoms with Crippen molar-refractivity contribution in [1.29, 1.82) is 0 Å². The number of carbonyl (C=O) groups excluding carboxylic acids is 2. The second kappa shape index (κ2) is 5.55. The van der Waals surface area contributed by atoms with Crippen LogP contribution in [0, 0.1) is 11.3 Å². The molecule has 1 aromatic heterocycles. The van der Waals surface area contributed by atoms with Crippen LogP contribution in [0.25, 0.3) is 5.69 Å². The number of fused-ring (bicyclic) bond motifs is 1. The molecule has 5 nitrogen and oxygen atoms in total. The van der Waals surface area contributed by atoms with Crippen LogP contribution < -0.4 is 5.73 Å². The fourth-order valence-electron chi connectivity index (χ4n) is 3.75. The van der Waals surface area contributed by atoms with Gasteiger partial charge in [-0.3, -0.25) is 9.59 Å². The molecule has 1 fully saturated rings. The number of aromatic nitrogens is 2. The maximum absolute atomic E-state index is 12.8. The number of nitrogens with zero attached hydrogens (tertiary/aromatic N) is 2. The molecule has 0 saturated heterocycles. The summed E-state index contributed by atoms with van der Waals surface area (Å²) in [7, 11) is 0. The van der Waals surface area contributed by atoms with Gasteiger partial charge in [0.15, 0.2) is 5.78 Å². The first-order chi connectivity index (χ1) is 11.8. The van der Waals surface area contributed by atoms with Crippen molar-refractivity contribution in [2.45, 2.75) is 46.0 Å². The van der Waals surface area contributed by atoms with E-state index < -0.39 is 5.91 Å². The Balaban J connectivity index is 1.81. The van der Waals surface area contributed by atoms with Gasteiger partial charge in [0.05, 0.1) is 22.6 Å². The number of carbonyl (C=O) groups is 2. The maximum Gasteiger partial charge on any atom is 0.248 e. The number of hydrogen-bond acceptors (Lipinski definition) is 3. The number of rotatable bonds is 4. The van der Waals surface area contributed by atoms with Gasteiger partial charge in [0.2, 0.25) is 5.91 Å². The molecule has 0 spiro atoms. The van der Waals surface area contributed by atoms with Gasteiger partial charge in [-0.2, -0.15) is 5.10 Å². The molecule has 2 aliphatic rings. The van der Waals surface area contributed by atoms with E-state index in [-0.39, 0.29) is 11.2 Å². The molecule has 0 aliphatic heterocycles. The lowest BCUT2D eigenvalue weighted by Crippen LogP contribution is -2.28. The van der Waals surface area contributed by atoms with Crippen LogP contribution in [0.5, 0.6) is 0 Å². The zero-order valence-corrected chi connectivity index (χ0v) is 14.7. The van der Waals surface area contributed by atoms with Crippen LogP contribution in [0.2, 0.25) is 0 Å². The zero-order chi connectivity index (χ0) is 17.8. The minimum Gasteiger partial charge on any atom is -0.366 e. The van der Waals surface area contributed by atoms with Crippen LogP contribution in [0.15, 0.2) is 24.3 Å². The third-order valence-corrected chi connectivity index (χ3v) is 5.19. The molecule has 2 aliphatic carbocycles. The number of ketones is 1. The van der Waals surface area contributed by atoms with Crippen molar-refractivity contribution >= 4 is 11.7 Å². The van der Waals surface area contributed by atoms with Gasteiger partial charge < -0.3 is 5.73 Å². The van der Waals surface area contributed by atoms with Crippen LogP contribution in [0.3, 0.4) is 0 Å². The summed E-state index contributed by atoms with van der Waals surface area (Å²) in [6.45, 7) is 4.25. The Hall–Kier alpha value is -2.43. The van der Waals surface area contributed by atoms with E-state index in [0.717, 1.165) is 35.5 Å². The lowest BCUT2D eigenvalue weighted by molar-refractivity contribution is 0.0909. The second-order valence-electron chi connectivity index (χ2n) is 8.18. The van der Waals surface area contributed by atoms with Gasteiger partial charge >= 0.3 is 0 Å². The molecule has 2 aromatic rings. The first-order valence-electron chi connectivity index (χ1n) is 8.88. The predicted molar refractivity (Wildman–Crippen MR) is 94.9 cm³/mol. The average Bonchev–Trinajstić information content (AvgIpc) is 3.27. The largest absolute Gasteiger partial charge is 0.366 e. The fraction of sp³-hybridized carbons (Fsp3) is 0.450. The highest BCUT2D eigenvalue weighted by Gasteiger charge is 2.37. The van der Waals surface area contributed by atoms with Crippen LogP contribution in [0.4, 0.5) is 0 Å². The third kappa shape index (κ3) is 2.99. The van der Waals surface area contributed by atoms with Crippen molar-refractivity contribution in [3.05, 3.63) is 46.8 Å². The Morgan fingerprint density at radius 3 is 2.52 bits per heavy atom. The van der Waals surface area contributed by atoms with E-state index >= 15 is 0 Å². The number of hydrogen-bond donors (Lipinski definition) is 1. The van der Waals surface area contributed by atoms with Gasteiger partial charge in [0.25, 0.3) is 0 Å². The number of nitrogens with two attached hydrogens (primary N) is 1. The normalized spacial score (nSPS) is 18.9. The van der Waals surface area contributed by atoms with Crippen molar-refractivity contribution in [3.63, 3.8) is 0 Å². The second-order valence-corrected chi connectivity index (χ2v) is 8.18. The highest BCUT2D eigenvalue weighted by molar-refractivity contribution is 6.00. The maximum atomic E-state index is 12.8. The van der Waals surface area contributed by atoms with Gasteiger partial charge in [-0.25, -0.2) is 4.68 Å². The summed E-state index contributed by atoms with van der Waals surface area (Å²) >= 11 is 0. The average molecular weight is 337 g/mol. The smallest absolute Gasteiger partial charge is 0.248 e. The van der Waals surface area contributed by atoms with E-state index in [2.05, 4.69) is 13.8 Å². The summed E-state index contributed by atoms with van der Waals surface area (Å²) in [5.74, 6) is 0.439. The minimum atomic E-state index is -0.445. The summed E-state index contributed by atoms with van der Waals surface area (Å²) in [6.07, 6.45) is 4.75. The van der Waals surface area contributed by atoms with Crippen LogP contribution in [0.1, 0.15) is 65.2 Å². The minimum absolute atomic E-state index is 0.0636. The van der Waals surface area contributed by atoms with E-state index in [4.69, 9.17) is 10.8 Å².